The molecule has 0 aromatic heterocycles. The number of rotatable bonds is 11. The van der Waals surface area contributed by atoms with Gasteiger partial charge in [-0.3, -0.25) is 9.59 Å². The molecule has 0 radical (unpaired) electrons. The highest BCUT2D eigenvalue weighted by Crippen LogP contribution is 2.42. The number of ketones is 1. The number of amides is 1. The van der Waals surface area contributed by atoms with Gasteiger partial charge in [0.2, 0.25) is 0 Å². The molecule has 0 saturated carbocycles. The van der Waals surface area contributed by atoms with Crippen LogP contribution in [0.1, 0.15) is 37.4 Å². The maximum Gasteiger partial charge on any atom is 0.295 e. The number of ether oxygens (including phenoxy) is 3. The van der Waals surface area contributed by atoms with Crippen molar-refractivity contribution in [2.45, 2.75) is 26.3 Å². The van der Waals surface area contributed by atoms with Crippen LogP contribution in [0.15, 0.2) is 48.0 Å². The molecule has 2 aromatic rings. The van der Waals surface area contributed by atoms with Crippen LogP contribution in [-0.4, -0.2) is 74.1 Å². The number of Topliss-reactive ketones (excluding diaryl/α,β-unsaturated/α-hetero) is 1. The van der Waals surface area contributed by atoms with Crippen LogP contribution in [0.3, 0.4) is 0 Å². The van der Waals surface area contributed by atoms with Crippen LogP contribution in [0, 0.1) is 0 Å². The van der Waals surface area contributed by atoms with Gasteiger partial charge in [0, 0.05) is 12.1 Å². The summed E-state index contributed by atoms with van der Waals surface area (Å²) in [6, 6.07) is 11.2. The zero-order valence-electron chi connectivity index (χ0n) is 21.0. The highest BCUT2D eigenvalue weighted by atomic mass is 16.5. The molecule has 1 atom stereocenters. The molecule has 8 nitrogen and oxygen atoms in total. The van der Waals surface area contributed by atoms with E-state index in [9.17, 15) is 14.7 Å². The van der Waals surface area contributed by atoms with Crippen LogP contribution < -0.4 is 14.2 Å². The van der Waals surface area contributed by atoms with E-state index in [1.165, 1.54) is 7.11 Å². The van der Waals surface area contributed by atoms with Gasteiger partial charge in [0.25, 0.3) is 11.7 Å². The number of benzene rings is 2. The van der Waals surface area contributed by atoms with Gasteiger partial charge in [0.15, 0.2) is 11.5 Å². The molecule has 0 spiro atoms. The van der Waals surface area contributed by atoms with Crippen molar-refractivity contribution in [2.24, 2.45) is 0 Å². The van der Waals surface area contributed by atoms with E-state index in [0.717, 1.165) is 19.6 Å². The molecule has 3 rings (SSSR count). The van der Waals surface area contributed by atoms with Crippen molar-refractivity contribution in [2.75, 3.05) is 47.5 Å². The molecule has 2 aromatic carbocycles. The summed E-state index contributed by atoms with van der Waals surface area (Å²) in [5.74, 6) is 0.0697. The Labute approximate surface area is 206 Å². The third-order valence-electron chi connectivity index (χ3n) is 6.39. The molecule has 0 bridgehead atoms. The van der Waals surface area contributed by atoms with Crippen molar-refractivity contribution < 1.29 is 28.9 Å². The normalized spacial score (nSPS) is 17.2. The summed E-state index contributed by atoms with van der Waals surface area (Å²) in [6.45, 7) is 7.17. The molecule has 188 valence electrons. The van der Waals surface area contributed by atoms with Gasteiger partial charge in [-0.15, -0.1) is 0 Å². The third kappa shape index (κ3) is 5.43. The zero-order chi connectivity index (χ0) is 25.5. The number of aliphatic hydroxyl groups is 1. The number of methoxy groups -OCH3 is 3. The number of hydrogen-bond acceptors (Lipinski definition) is 7. The molecule has 0 unspecified atom stereocenters. The number of aliphatic hydroxyl groups excluding tert-OH is 1. The lowest BCUT2D eigenvalue weighted by Crippen LogP contribution is -2.33. The maximum absolute atomic E-state index is 13.2. The minimum absolute atomic E-state index is 0.0511. The Morgan fingerprint density at radius 1 is 0.943 bits per heavy atom. The van der Waals surface area contributed by atoms with Crippen molar-refractivity contribution in [3.63, 3.8) is 0 Å². The smallest absolute Gasteiger partial charge is 0.295 e. The minimum Gasteiger partial charge on any atom is -0.507 e. The first-order valence-electron chi connectivity index (χ1n) is 11.8. The standard InChI is InChI=1S/C27H34N2O6/c1-6-28(7-2)15-8-16-29-24(19-11-14-21(34-4)22(17-19)35-5)23(26(31)27(29)32)25(30)18-9-12-20(33-3)13-10-18/h9-14,17,24,30H,6-8,15-16H2,1-5H3/b25-23+/t24-/m1/s1. The Kier molecular flexibility index (Phi) is 8.76. The fraction of sp³-hybridized carbons (Fsp3) is 0.407. The lowest BCUT2D eigenvalue weighted by atomic mass is 9.95. The van der Waals surface area contributed by atoms with E-state index in [4.69, 9.17) is 14.2 Å². The topological polar surface area (TPSA) is 88.5 Å². The largest absolute Gasteiger partial charge is 0.507 e. The minimum atomic E-state index is -0.756. The van der Waals surface area contributed by atoms with Gasteiger partial charge in [0.1, 0.15) is 11.5 Å². The van der Waals surface area contributed by atoms with Crippen molar-refractivity contribution in [1.29, 1.82) is 0 Å². The van der Waals surface area contributed by atoms with Gasteiger partial charge in [0.05, 0.1) is 32.9 Å². The molecule has 1 amide bonds. The number of carbonyl (C=O) groups excluding carboxylic acids is 2. The molecule has 1 saturated heterocycles. The Hall–Kier alpha value is -3.52. The zero-order valence-corrected chi connectivity index (χ0v) is 21.0. The van der Waals surface area contributed by atoms with Gasteiger partial charge in [-0.25, -0.2) is 0 Å². The quantitative estimate of drug-likeness (QED) is 0.296. The molecule has 35 heavy (non-hydrogen) atoms. The summed E-state index contributed by atoms with van der Waals surface area (Å²) in [7, 11) is 4.62. The number of nitrogens with zero attached hydrogens (tertiary/aromatic N) is 2. The molecule has 1 fully saturated rings. The lowest BCUT2D eigenvalue weighted by Gasteiger charge is -2.27. The van der Waals surface area contributed by atoms with E-state index in [2.05, 4.69) is 18.7 Å². The summed E-state index contributed by atoms with van der Waals surface area (Å²) in [6.07, 6.45) is 0.696. The van der Waals surface area contributed by atoms with E-state index >= 15 is 0 Å². The van der Waals surface area contributed by atoms with Gasteiger partial charge >= 0.3 is 0 Å². The highest BCUT2D eigenvalue weighted by molar-refractivity contribution is 6.46. The Morgan fingerprint density at radius 3 is 2.17 bits per heavy atom. The van der Waals surface area contributed by atoms with E-state index in [1.807, 2.05) is 0 Å². The Balaban J connectivity index is 2.08. The first kappa shape index (κ1) is 26.1. The average molecular weight is 483 g/mol. The molecule has 0 aliphatic carbocycles. The second-order valence-electron chi connectivity index (χ2n) is 8.22. The predicted octanol–water partition coefficient (Wildman–Crippen LogP) is 3.87. The fourth-order valence-electron chi connectivity index (χ4n) is 4.39. The summed E-state index contributed by atoms with van der Waals surface area (Å²) < 4.78 is 16.0. The Morgan fingerprint density at radius 2 is 1.60 bits per heavy atom. The highest BCUT2D eigenvalue weighted by Gasteiger charge is 2.46. The van der Waals surface area contributed by atoms with Crippen LogP contribution in [0.5, 0.6) is 17.2 Å². The molecule has 1 aliphatic heterocycles. The van der Waals surface area contributed by atoms with E-state index in [1.54, 1.807) is 61.6 Å². The molecule has 1 N–H and O–H groups in total. The SMILES string of the molecule is CCN(CC)CCCN1C(=O)C(=O)/C(=C(/O)c2ccc(OC)cc2)[C@H]1c1ccc(OC)c(OC)c1. The lowest BCUT2D eigenvalue weighted by molar-refractivity contribution is -0.140. The summed E-state index contributed by atoms with van der Waals surface area (Å²) in [4.78, 5) is 30.2. The van der Waals surface area contributed by atoms with Crippen molar-refractivity contribution in [3.8, 4) is 17.2 Å². The average Bonchev–Trinajstić information content (AvgIpc) is 3.15. The van der Waals surface area contributed by atoms with Gasteiger partial charge in [-0.2, -0.15) is 0 Å². The molecular weight excluding hydrogens is 448 g/mol. The van der Waals surface area contributed by atoms with E-state index < -0.39 is 17.7 Å². The molecule has 8 heteroatoms. The van der Waals surface area contributed by atoms with E-state index in [-0.39, 0.29) is 11.3 Å². The van der Waals surface area contributed by atoms with Crippen molar-refractivity contribution >= 4 is 17.4 Å². The number of hydrogen-bond donors (Lipinski definition) is 1. The number of carbonyl (C=O) groups is 2. The van der Waals surface area contributed by atoms with Gasteiger partial charge in [-0.05, 0) is 68.0 Å². The predicted molar refractivity (Wildman–Crippen MR) is 134 cm³/mol. The van der Waals surface area contributed by atoms with Crippen LogP contribution in [0.4, 0.5) is 0 Å². The third-order valence-corrected chi connectivity index (χ3v) is 6.39. The Bertz CT molecular complexity index is 1080. The first-order chi connectivity index (χ1) is 16.9. The van der Waals surface area contributed by atoms with Gasteiger partial charge < -0.3 is 29.1 Å². The molecule has 1 heterocycles. The van der Waals surface area contributed by atoms with E-state index in [0.29, 0.717) is 41.3 Å². The second-order valence-corrected chi connectivity index (χ2v) is 8.22. The molecular formula is C27H34N2O6. The van der Waals surface area contributed by atoms with Crippen molar-refractivity contribution in [3.05, 3.63) is 59.2 Å². The van der Waals surface area contributed by atoms with Crippen LogP contribution in [0.25, 0.3) is 5.76 Å². The van der Waals surface area contributed by atoms with Gasteiger partial charge in [-0.1, -0.05) is 19.9 Å². The summed E-state index contributed by atoms with van der Waals surface area (Å²) in [5.41, 5.74) is 1.13. The monoisotopic (exact) mass is 482 g/mol. The summed E-state index contributed by atoms with van der Waals surface area (Å²) in [5, 5.41) is 11.2. The molecule has 1 aliphatic rings. The van der Waals surface area contributed by atoms with Crippen LogP contribution >= 0.6 is 0 Å². The number of likely N-dealkylation sites (tertiary alicyclic amines) is 1. The summed E-state index contributed by atoms with van der Waals surface area (Å²) >= 11 is 0. The van der Waals surface area contributed by atoms with Crippen LogP contribution in [0.2, 0.25) is 0 Å². The first-order valence-corrected chi connectivity index (χ1v) is 11.8. The fourth-order valence-corrected chi connectivity index (χ4v) is 4.39. The maximum atomic E-state index is 13.2. The van der Waals surface area contributed by atoms with Crippen LogP contribution in [-0.2, 0) is 9.59 Å². The second kappa shape index (κ2) is 11.8. The van der Waals surface area contributed by atoms with Crippen molar-refractivity contribution in [1.82, 2.24) is 9.80 Å².